The lowest BCUT2D eigenvalue weighted by atomic mass is 10.3. The highest BCUT2D eigenvalue weighted by Crippen LogP contribution is 2.23. The molecule has 13 heavy (non-hydrogen) atoms. The molecule has 0 aromatic heterocycles. The minimum Gasteiger partial charge on any atom is -0.490 e. The molecule has 0 aliphatic carbocycles. The number of ether oxygens (including phenoxy) is 1. The Hall–Kier alpha value is -0.770. The zero-order valence-corrected chi connectivity index (χ0v) is 8.07. The lowest BCUT2D eigenvalue weighted by molar-refractivity contribution is 0.294. The van der Waals surface area contributed by atoms with Gasteiger partial charge in [0.05, 0.1) is 6.61 Å². The van der Waals surface area contributed by atoms with Crippen molar-refractivity contribution in [1.82, 2.24) is 0 Å². The van der Waals surface area contributed by atoms with Gasteiger partial charge in [0.25, 0.3) is 0 Å². The van der Waals surface area contributed by atoms with E-state index in [1.54, 1.807) is 0 Å². The van der Waals surface area contributed by atoms with Crippen molar-refractivity contribution >= 4 is 12.6 Å². The molecule has 0 aliphatic heterocycles. The maximum Gasteiger partial charge on any atom is 0.200 e. The monoisotopic (exact) mass is 204 g/mol. The Morgan fingerprint density at radius 2 is 2.08 bits per heavy atom. The molecule has 0 spiro atoms. The Morgan fingerprint density at radius 1 is 1.38 bits per heavy atom. The van der Waals surface area contributed by atoms with E-state index in [0.717, 1.165) is 12.5 Å². The van der Waals surface area contributed by atoms with Gasteiger partial charge in [0.1, 0.15) is 0 Å². The molecule has 0 unspecified atom stereocenters. The second kappa shape index (κ2) is 4.46. The van der Waals surface area contributed by atoms with Crippen molar-refractivity contribution in [3.8, 4) is 5.75 Å². The van der Waals surface area contributed by atoms with Crippen LogP contribution in [0.1, 0.15) is 13.3 Å². The second-order valence-electron chi connectivity index (χ2n) is 2.59. The van der Waals surface area contributed by atoms with E-state index in [9.17, 15) is 8.78 Å². The summed E-state index contributed by atoms with van der Waals surface area (Å²) in [5.41, 5.74) is 0. The van der Waals surface area contributed by atoms with E-state index in [0.29, 0.717) is 11.5 Å². The Balaban J connectivity index is 2.92. The van der Waals surface area contributed by atoms with Crippen molar-refractivity contribution in [3.05, 3.63) is 23.8 Å². The number of benzene rings is 1. The summed E-state index contributed by atoms with van der Waals surface area (Å²) >= 11 is 3.91. The van der Waals surface area contributed by atoms with Crippen LogP contribution >= 0.6 is 12.6 Å². The van der Waals surface area contributed by atoms with Gasteiger partial charge in [-0.05, 0) is 18.6 Å². The molecular formula is C9H10F2OS. The summed E-state index contributed by atoms with van der Waals surface area (Å²) < 4.78 is 30.7. The van der Waals surface area contributed by atoms with Crippen molar-refractivity contribution in [2.45, 2.75) is 18.2 Å². The van der Waals surface area contributed by atoms with E-state index in [2.05, 4.69) is 12.6 Å². The fourth-order valence-corrected chi connectivity index (χ4v) is 1.10. The Labute approximate surface area is 81.1 Å². The summed E-state index contributed by atoms with van der Waals surface area (Å²) in [6.45, 7) is 2.26. The lowest BCUT2D eigenvalue weighted by Crippen LogP contribution is -1.99. The molecule has 0 atom stereocenters. The molecule has 0 saturated heterocycles. The topological polar surface area (TPSA) is 9.23 Å². The normalized spacial score (nSPS) is 10.2. The van der Waals surface area contributed by atoms with Crippen LogP contribution in [0.2, 0.25) is 0 Å². The third kappa shape index (κ3) is 2.59. The highest BCUT2D eigenvalue weighted by Gasteiger charge is 2.10. The Bertz CT molecular complexity index is 302. The molecule has 72 valence electrons. The van der Waals surface area contributed by atoms with Crippen LogP contribution in [0, 0.1) is 11.6 Å². The first-order valence-corrected chi connectivity index (χ1v) is 4.40. The van der Waals surface area contributed by atoms with E-state index in [-0.39, 0.29) is 5.75 Å². The molecule has 0 fully saturated rings. The SMILES string of the molecule is CCCOc1cc(S)cc(F)c1F. The molecular weight excluding hydrogens is 194 g/mol. The van der Waals surface area contributed by atoms with Gasteiger partial charge in [-0.2, -0.15) is 4.39 Å². The van der Waals surface area contributed by atoms with Gasteiger partial charge in [-0.3, -0.25) is 0 Å². The van der Waals surface area contributed by atoms with Gasteiger partial charge in [0, 0.05) is 4.90 Å². The van der Waals surface area contributed by atoms with Gasteiger partial charge in [0.2, 0.25) is 5.82 Å². The van der Waals surface area contributed by atoms with Crippen LogP contribution in [0.3, 0.4) is 0 Å². The minimum absolute atomic E-state index is 0.0770. The van der Waals surface area contributed by atoms with E-state index >= 15 is 0 Å². The molecule has 1 rings (SSSR count). The van der Waals surface area contributed by atoms with Crippen LogP contribution in [0.25, 0.3) is 0 Å². The summed E-state index contributed by atoms with van der Waals surface area (Å²) in [5.74, 6) is -1.96. The predicted molar refractivity (Wildman–Crippen MR) is 49.4 cm³/mol. The molecule has 0 aliphatic rings. The van der Waals surface area contributed by atoms with Gasteiger partial charge in [0.15, 0.2) is 11.6 Å². The van der Waals surface area contributed by atoms with Crippen LogP contribution < -0.4 is 4.74 Å². The first-order valence-electron chi connectivity index (χ1n) is 3.96. The second-order valence-corrected chi connectivity index (χ2v) is 3.10. The first kappa shape index (κ1) is 10.3. The third-order valence-corrected chi connectivity index (χ3v) is 1.70. The lowest BCUT2D eigenvalue weighted by Gasteiger charge is -2.06. The molecule has 4 heteroatoms. The summed E-state index contributed by atoms with van der Waals surface area (Å²) in [5, 5.41) is 0. The largest absolute Gasteiger partial charge is 0.490 e. The number of hydrogen-bond acceptors (Lipinski definition) is 2. The Morgan fingerprint density at radius 3 is 2.69 bits per heavy atom. The summed E-state index contributed by atoms with van der Waals surface area (Å²) in [4.78, 5) is 0.352. The average molecular weight is 204 g/mol. The van der Waals surface area contributed by atoms with E-state index in [1.807, 2.05) is 6.92 Å². The van der Waals surface area contributed by atoms with Gasteiger partial charge >= 0.3 is 0 Å². The van der Waals surface area contributed by atoms with Crippen LogP contribution in [0.15, 0.2) is 17.0 Å². The standard InChI is InChI=1S/C9H10F2OS/c1-2-3-12-8-5-6(13)4-7(10)9(8)11/h4-5,13H,2-3H2,1H3. The van der Waals surface area contributed by atoms with Crippen LogP contribution in [-0.4, -0.2) is 6.61 Å². The third-order valence-electron chi connectivity index (χ3n) is 1.44. The van der Waals surface area contributed by atoms with Gasteiger partial charge in [-0.15, -0.1) is 12.6 Å². The molecule has 0 bridgehead atoms. The quantitative estimate of drug-likeness (QED) is 0.744. The highest BCUT2D eigenvalue weighted by atomic mass is 32.1. The van der Waals surface area contributed by atoms with Crippen LogP contribution in [0.5, 0.6) is 5.75 Å². The number of rotatable bonds is 3. The molecule has 1 aromatic rings. The molecule has 0 saturated carbocycles. The van der Waals surface area contributed by atoms with Gasteiger partial charge < -0.3 is 4.74 Å². The smallest absolute Gasteiger partial charge is 0.200 e. The Kier molecular flexibility index (Phi) is 3.54. The van der Waals surface area contributed by atoms with Crippen molar-refractivity contribution in [3.63, 3.8) is 0 Å². The fourth-order valence-electron chi connectivity index (χ4n) is 0.867. The molecule has 1 nitrogen and oxygen atoms in total. The number of halogens is 2. The zero-order valence-electron chi connectivity index (χ0n) is 7.18. The van der Waals surface area contributed by atoms with Crippen molar-refractivity contribution in [1.29, 1.82) is 0 Å². The molecule has 0 radical (unpaired) electrons. The predicted octanol–water partition coefficient (Wildman–Crippen LogP) is 3.04. The summed E-state index contributed by atoms with van der Waals surface area (Å²) in [6.07, 6.45) is 0.748. The average Bonchev–Trinajstić information content (AvgIpc) is 2.09. The number of hydrogen-bond donors (Lipinski definition) is 1. The van der Waals surface area contributed by atoms with Gasteiger partial charge in [-0.25, -0.2) is 4.39 Å². The van der Waals surface area contributed by atoms with Crippen LogP contribution in [-0.2, 0) is 0 Å². The maximum atomic E-state index is 13.0. The number of thiol groups is 1. The van der Waals surface area contributed by atoms with E-state index in [4.69, 9.17) is 4.74 Å². The molecule has 1 aromatic carbocycles. The van der Waals surface area contributed by atoms with Gasteiger partial charge in [-0.1, -0.05) is 6.92 Å². The first-order chi connectivity index (χ1) is 6.15. The van der Waals surface area contributed by atoms with E-state index < -0.39 is 11.6 Å². The van der Waals surface area contributed by atoms with Crippen molar-refractivity contribution in [2.75, 3.05) is 6.61 Å². The van der Waals surface area contributed by atoms with Crippen LogP contribution in [0.4, 0.5) is 8.78 Å². The summed E-state index contributed by atoms with van der Waals surface area (Å²) in [7, 11) is 0. The van der Waals surface area contributed by atoms with Crippen molar-refractivity contribution in [2.24, 2.45) is 0 Å². The summed E-state index contributed by atoms with van der Waals surface area (Å²) in [6, 6.07) is 2.37. The fraction of sp³-hybridized carbons (Fsp3) is 0.333. The molecule has 0 N–H and O–H groups in total. The molecule has 0 amide bonds. The molecule has 0 heterocycles. The zero-order chi connectivity index (χ0) is 9.84. The maximum absolute atomic E-state index is 13.0. The van der Waals surface area contributed by atoms with E-state index in [1.165, 1.54) is 6.07 Å². The highest BCUT2D eigenvalue weighted by molar-refractivity contribution is 7.80. The van der Waals surface area contributed by atoms with Crippen molar-refractivity contribution < 1.29 is 13.5 Å². The minimum atomic E-state index is -0.953.